The molecule has 2 heterocycles. The molecule has 1 aliphatic rings. The van der Waals surface area contributed by atoms with E-state index >= 15 is 0 Å². The van der Waals surface area contributed by atoms with Crippen LogP contribution in [-0.4, -0.2) is 77.9 Å². The molecule has 9 nitrogen and oxygen atoms in total. The number of likely N-dealkylation sites (tertiary alicyclic amines) is 1. The summed E-state index contributed by atoms with van der Waals surface area (Å²) in [6.07, 6.45) is 0.656. The molecule has 36 heavy (non-hydrogen) atoms. The zero-order valence-corrected chi connectivity index (χ0v) is 21.8. The molecule has 0 saturated carbocycles. The largest absolute Gasteiger partial charge is 0.507 e. The molecule has 3 rings (SSSR count). The monoisotopic (exact) mass is 497 g/mol. The van der Waals surface area contributed by atoms with Crippen molar-refractivity contribution in [3.63, 3.8) is 0 Å². The number of amides is 1. The highest BCUT2D eigenvalue weighted by Crippen LogP contribution is 2.41. The lowest BCUT2D eigenvalue weighted by atomic mass is 9.94. The van der Waals surface area contributed by atoms with E-state index in [4.69, 9.17) is 9.47 Å². The predicted molar refractivity (Wildman–Crippen MR) is 136 cm³/mol. The molecule has 194 valence electrons. The normalized spacial score (nSPS) is 17.2. The third-order valence-corrected chi connectivity index (χ3v) is 6.21. The lowest BCUT2D eigenvalue weighted by Crippen LogP contribution is -2.32. The van der Waals surface area contributed by atoms with E-state index in [1.54, 1.807) is 45.0 Å². The zero-order valence-electron chi connectivity index (χ0n) is 21.8. The molecule has 1 aromatic carbocycles. The van der Waals surface area contributed by atoms with Gasteiger partial charge in [-0.3, -0.25) is 9.59 Å². The fourth-order valence-electron chi connectivity index (χ4n) is 4.57. The van der Waals surface area contributed by atoms with E-state index in [9.17, 15) is 19.5 Å². The number of hydrogen-bond donors (Lipinski definition) is 2. The van der Waals surface area contributed by atoms with Crippen LogP contribution in [0.25, 0.3) is 5.76 Å². The van der Waals surface area contributed by atoms with E-state index in [1.165, 1.54) is 4.90 Å². The van der Waals surface area contributed by atoms with Crippen LogP contribution in [0.2, 0.25) is 0 Å². The summed E-state index contributed by atoms with van der Waals surface area (Å²) in [5.41, 5.74) is 2.15. The number of aliphatic hydroxyl groups excluding tert-OH is 1. The van der Waals surface area contributed by atoms with Gasteiger partial charge in [0.05, 0.1) is 24.8 Å². The van der Waals surface area contributed by atoms with E-state index in [1.807, 2.05) is 25.9 Å². The van der Waals surface area contributed by atoms with Gasteiger partial charge in [0.1, 0.15) is 17.2 Å². The number of H-pyrrole nitrogens is 1. The summed E-state index contributed by atoms with van der Waals surface area (Å²) in [6, 6.07) is 6.39. The smallest absolute Gasteiger partial charge is 0.355 e. The highest BCUT2D eigenvalue weighted by Gasteiger charge is 2.46. The number of aromatic nitrogens is 1. The van der Waals surface area contributed by atoms with E-state index in [2.05, 4.69) is 4.98 Å². The molecule has 1 unspecified atom stereocenters. The number of aromatic amines is 1. The Labute approximate surface area is 211 Å². The van der Waals surface area contributed by atoms with E-state index in [-0.39, 0.29) is 23.6 Å². The van der Waals surface area contributed by atoms with Crippen LogP contribution in [0.1, 0.15) is 59.2 Å². The standard InChI is InChI=1S/C27H35N3O6/c1-7-35-19-12-10-18(11-13-19)23-21(25(32)26(33)30(23)15-9-14-29(5)6)24(31)20-16(3)22(28-17(20)4)27(34)36-8-2/h10-13,23,28,31H,7-9,14-15H2,1-6H3/b24-21-. The lowest BCUT2D eigenvalue weighted by molar-refractivity contribution is -0.139. The summed E-state index contributed by atoms with van der Waals surface area (Å²) in [7, 11) is 3.88. The number of Topliss-reactive ketones (excluding diaryl/α,β-unsaturated/α-hetero) is 1. The number of esters is 1. The van der Waals surface area contributed by atoms with Gasteiger partial charge >= 0.3 is 5.97 Å². The van der Waals surface area contributed by atoms with Crippen molar-refractivity contribution in [3.05, 3.63) is 57.9 Å². The number of hydrogen-bond acceptors (Lipinski definition) is 7. The Morgan fingerprint density at radius 2 is 1.78 bits per heavy atom. The first-order valence-corrected chi connectivity index (χ1v) is 12.1. The molecule has 1 amide bonds. The van der Waals surface area contributed by atoms with Gasteiger partial charge < -0.3 is 29.4 Å². The average molecular weight is 498 g/mol. The topological polar surface area (TPSA) is 112 Å². The predicted octanol–water partition coefficient (Wildman–Crippen LogP) is 3.58. The first-order valence-electron chi connectivity index (χ1n) is 12.1. The number of carbonyl (C=O) groups is 3. The maximum Gasteiger partial charge on any atom is 0.355 e. The molecule has 1 saturated heterocycles. The summed E-state index contributed by atoms with van der Waals surface area (Å²) >= 11 is 0. The molecule has 0 radical (unpaired) electrons. The summed E-state index contributed by atoms with van der Waals surface area (Å²) in [6.45, 7) is 8.75. The van der Waals surface area contributed by atoms with Crippen molar-refractivity contribution in [1.82, 2.24) is 14.8 Å². The Morgan fingerprint density at radius 1 is 1.11 bits per heavy atom. The second kappa shape index (κ2) is 11.4. The first kappa shape index (κ1) is 27.0. The summed E-state index contributed by atoms with van der Waals surface area (Å²) in [4.78, 5) is 45.3. The van der Waals surface area contributed by atoms with Gasteiger partial charge in [-0.2, -0.15) is 0 Å². The lowest BCUT2D eigenvalue weighted by Gasteiger charge is -2.26. The number of ketones is 1. The average Bonchev–Trinajstić information content (AvgIpc) is 3.27. The van der Waals surface area contributed by atoms with E-state index < -0.39 is 23.7 Å². The maximum absolute atomic E-state index is 13.3. The third-order valence-electron chi connectivity index (χ3n) is 6.21. The minimum absolute atomic E-state index is 0.00498. The van der Waals surface area contributed by atoms with E-state index in [0.717, 1.165) is 6.54 Å². The van der Waals surface area contributed by atoms with Crippen molar-refractivity contribution in [2.45, 2.75) is 40.2 Å². The van der Waals surface area contributed by atoms with Crippen LogP contribution in [0.4, 0.5) is 0 Å². The SMILES string of the molecule is CCOC(=O)c1[nH]c(C)c(/C(O)=C2/C(=O)C(=O)N(CCCN(C)C)C2c2ccc(OCC)cc2)c1C. The van der Waals surface area contributed by atoms with Crippen LogP contribution >= 0.6 is 0 Å². The first-order chi connectivity index (χ1) is 17.1. The van der Waals surface area contributed by atoms with Gasteiger partial charge in [-0.05, 0) is 78.0 Å². The Bertz CT molecular complexity index is 1160. The number of nitrogens with one attached hydrogen (secondary N) is 1. The molecule has 9 heteroatoms. The van der Waals surface area contributed by atoms with Crippen LogP contribution in [0, 0.1) is 13.8 Å². The van der Waals surface area contributed by atoms with Gasteiger partial charge in [0, 0.05) is 17.8 Å². The fraction of sp³-hybridized carbons (Fsp3) is 0.444. The minimum atomic E-state index is -0.775. The molecular weight excluding hydrogens is 462 g/mol. The Morgan fingerprint density at radius 3 is 2.36 bits per heavy atom. The molecule has 2 N–H and O–H groups in total. The van der Waals surface area contributed by atoms with Crippen molar-refractivity contribution in [3.8, 4) is 5.75 Å². The number of aryl methyl sites for hydroxylation is 1. The summed E-state index contributed by atoms with van der Waals surface area (Å²) < 4.78 is 10.7. The second-order valence-corrected chi connectivity index (χ2v) is 9.00. The molecule has 2 aromatic rings. The third kappa shape index (κ3) is 5.31. The van der Waals surface area contributed by atoms with Gasteiger partial charge in [0.15, 0.2) is 0 Å². The molecular formula is C27H35N3O6. The Hall–Kier alpha value is -3.59. The Kier molecular flexibility index (Phi) is 8.57. The fourth-order valence-corrected chi connectivity index (χ4v) is 4.57. The molecule has 1 aliphatic heterocycles. The van der Waals surface area contributed by atoms with Crippen molar-refractivity contribution in [1.29, 1.82) is 0 Å². The van der Waals surface area contributed by atoms with Crippen molar-refractivity contribution >= 4 is 23.4 Å². The van der Waals surface area contributed by atoms with Gasteiger partial charge in [-0.25, -0.2) is 4.79 Å². The zero-order chi connectivity index (χ0) is 26.6. The number of ether oxygens (including phenoxy) is 2. The van der Waals surface area contributed by atoms with Gasteiger partial charge in [0.2, 0.25) is 0 Å². The van der Waals surface area contributed by atoms with Crippen molar-refractivity contribution < 1.29 is 29.0 Å². The summed E-state index contributed by atoms with van der Waals surface area (Å²) in [5, 5.41) is 11.5. The molecule has 0 bridgehead atoms. The molecule has 0 aliphatic carbocycles. The molecule has 0 spiro atoms. The highest BCUT2D eigenvalue weighted by molar-refractivity contribution is 6.46. The van der Waals surface area contributed by atoms with Gasteiger partial charge in [-0.15, -0.1) is 0 Å². The number of carbonyl (C=O) groups excluding carboxylic acids is 3. The molecule has 1 atom stereocenters. The van der Waals surface area contributed by atoms with Crippen molar-refractivity contribution in [2.75, 3.05) is 40.4 Å². The highest BCUT2D eigenvalue weighted by atomic mass is 16.5. The van der Waals surface area contributed by atoms with Crippen molar-refractivity contribution in [2.24, 2.45) is 0 Å². The number of benzene rings is 1. The molecule has 1 fully saturated rings. The van der Waals surface area contributed by atoms with E-state index in [0.29, 0.717) is 47.7 Å². The van der Waals surface area contributed by atoms with Crippen LogP contribution in [0.3, 0.4) is 0 Å². The number of rotatable bonds is 10. The second-order valence-electron chi connectivity index (χ2n) is 9.00. The van der Waals surface area contributed by atoms with Crippen LogP contribution in [0.15, 0.2) is 29.8 Å². The number of aliphatic hydroxyl groups is 1. The summed E-state index contributed by atoms with van der Waals surface area (Å²) in [5.74, 6) is -1.62. The molecule has 1 aromatic heterocycles. The Balaban J connectivity index is 2.14. The maximum atomic E-state index is 13.3. The van der Waals surface area contributed by atoms with Gasteiger partial charge in [0.25, 0.3) is 11.7 Å². The van der Waals surface area contributed by atoms with Crippen LogP contribution in [-0.2, 0) is 14.3 Å². The number of nitrogens with zero attached hydrogens (tertiary/aromatic N) is 2. The van der Waals surface area contributed by atoms with Crippen LogP contribution in [0.5, 0.6) is 5.75 Å². The van der Waals surface area contributed by atoms with Crippen LogP contribution < -0.4 is 4.74 Å². The minimum Gasteiger partial charge on any atom is -0.507 e. The quantitative estimate of drug-likeness (QED) is 0.223. The van der Waals surface area contributed by atoms with Gasteiger partial charge in [-0.1, -0.05) is 12.1 Å².